The lowest BCUT2D eigenvalue weighted by Crippen LogP contribution is -2.24. The quantitative estimate of drug-likeness (QED) is 0.335. The van der Waals surface area contributed by atoms with E-state index in [1.165, 1.54) is 23.1 Å². The fraction of sp³-hybridized carbons (Fsp3) is 0.174. The van der Waals surface area contributed by atoms with Gasteiger partial charge in [0.1, 0.15) is 0 Å². The van der Waals surface area contributed by atoms with Crippen LogP contribution in [-0.4, -0.2) is 37.3 Å². The number of hydrogen-bond acceptors (Lipinski definition) is 7. The van der Waals surface area contributed by atoms with Crippen molar-refractivity contribution in [2.75, 3.05) is 11.1 Å². The maximum atomic E-state index is 12.5. The van der Waals surface area contributed by atoms with Gasteiger partial charge in [0, 0.05) is 17.5 Å². The molecule has 0 fully saturated rings. The summed E-state index contributed by atoms with van der Waals surface area (Å²) in [6.07, 6.45) is 0. The molecule has 0 unspecified atom stereocenters. The molecule has 2 heterocycles. The van der Waals surface area contributed by atoms with Crippen molar-refractivity contribution in [2.45, 2.75) is 18.6 Å². The molecule has 8 nitrogen and oxygen atoms in total. The van der Waals surface area contributed by atoms with E-state index in [1.807, 2.05) is 37.3 Å². The van der Waals surface area contributed by atoms with Crippen LogP contribution in [0.15, 0.2) is 59.8 Å². The molecule has 2 N–H and O–H groups in total. The Morgan fingerprint density at radius 1 is 1.09 bits per heavy atom. The summed E-state index contributed by atoms with van der Waals surface area (Å²) in [6, 6.07) is 16.7. The summed E-state index contributed by atoms with van der Waals surface area (Å²) in [5, 5.41) is 15.4. The smallest absolute Gasteiger partial charge is 0.253 e. The van der Waals surface area contributed by atoms with Crippen LogP contribution < -0.4 is 10.6 Å². The molecular weight excluding hydrogens is 492 g/mol. The van der Waals surface area contributed by atoms with Crippen molar-refractivity contribution < 1.29 is 9.59 Å². The lowest BCUT2D eigenvalue weighted by atomic mass is 10.1. The fourth-order valence-electron chi connectivity index (χ4n) is 3.12. The summed E-state index contributed by atoms with van der Waals surface area (Å²) in [5.41, 5.74) is 2.27. The van der Waals surface area contributed by atoms with Crippen LogP contribution in [0, 0.1) is 6.92 Å². The van der Waals surface area contributed by atoms with Gasteiger partial charge in [-0.05, 0) is 19.1 Å². The SMILES string of the molecule is Cc1sc(NC(=O)CSc2nnc(CNC(=O)c3ccccc3Cl)n2C)nc1-c1ccccc1. The average molecular weight is 513 g/mol. The summed E-state index contributed by atoms with van der Waals surface area (Å²) >= 11 is 8.76. The first-order valence-corrected chi connectivity index (χ1v) is 12.5. The first-order valence-electron chi connectivity index (χ1n) is 10.3. The lowest BCUT2D eigenvalue weighted by molar-refractivity contribution is -0.113. The predicted octanol–water partition coefficient (Wildman–Crippen LogP) is 4.56. The van der Waals surface area contributed by atoms with Gasteiger partial charge in [-0.15, -0.1) is 21.5 Å². The second-order valence-electron chi connectivity index (χ2n) is 7.25. The number of hydrogen-bond donors (Lipinski definition) is 2. The lowest BCUT2D eigenvalue weighted by Gasteiger charge is -2.07. The molecule has 2 aromatic heterocycles. The van der Waals surface area contributed by atoms with Crippen molar-refractivity contribution >= 4 is 51.6 Å². The molecule has 0 atom stereocenters. The van der Waals surface area contributed by atoms with Crippen LogP contribution >= 0.6 is 34.7 Å². The van der Waals surface area contributed by atoms with Gasteiger partial charge in [-0.2, -0.15) is 0 Å². The van der Waals surface area contributed by atoms with Crippen molar-refractivity contribution in [1.29, 1.82) is 0 Å². The molecule has 34 heavy (non-hydrogen) atoms. The second kappa shape index (κ2) is 10.8. The Kier molecular flexibility index (Phi) is 7.61. The van der Waals surface area contributed by atoms with E-state index in [1.54, 1.807) is 35.9 Å². The third-order valence-electron chi connectivity index (χ3n) is 4.87. The molecule has 0 saturated carbocycles. The van der Waals surface area contributed by atoms with Crippen LogP contribution in [0.25, 0.3) is 11.3 Å². The number of carbonyl (C=O) groups excluding carboxylic acids is 2. The van der Waals surface area contributed by atoms with Gasteiger partial charge in [0.05, 0.1) is 28.6 Å². The van der Waals surface area contributed by atoms with E-state index in [0.29, 0.717) is 26.7 Å². The van der Waals surface area contributed by atoms with Crippen LogP contribution in [0.5, 0.6) is 0 Å². The van der Waals surface area contributed by atoms with E-state index in [9.17, 15) is 9.59 Å². The molecule has 4 rings (SSSR count). The molecule has 0 saturated heterocycles. The second-order valence-corrected chi connectivity index (χ2v) is 9.80. The minimum Gasteiger partial charge on any atom is -0.345 e. The number of nitrogens with one attached hydrogen (secondary N) is 2. The van der Waals surface area contributed by atoms with Crippen LogP contribution in [-0.2, 0) is 18.4 Å². The Bertz CT molecular complexity index is 1320. The zero-order valence-electron chi connectivity index (χ0n) is 18.4. The molecule has 11 heteroatoms. The molecule has 2 aromatic carbocycles. The Balaban J connectivity index is 1.31. The summed E-state index contributed by atoms with van der Waals surface area (Å²) in [5.74, 6) is 0.231. The van der Waals surface area contributed by atoms with Gasteiger partial charge >= 0.3 is 0 Å². The van der Waals surface area contributed by atoms with Crippen molar-refractivity contribution in [2.24, 2.45) is 7.05 Å². The molecule has 0 spiro atoms. The number of amides is 2. The number of thiazole rings is 1. The molecule has 0 aliphatic rings. The normalized spacial score (nSPS) is 10.8. The van der Waals surface area contributed by atoms with Crippen LogP contribution in [0.1, 0.15) is 21.1 Å². The number of nitrogens with zero attached hydrogens (tertiary/aromatic N) is 4. The maximum Gasteiger partial charge on any atom is 0.253 e. The first-order chi connectivity index (χ1) is 16.4. The minimum absolute atomic E-state index is 0.150. The van der Waals surface area contributed by atoms with Crippen molar-refractivity contribution in [3.63, 3.8) is 0 Å². The number of rotatable bonds is 8. The molecule has 0 aliphatic carbocycles. The Labute approximate surface area is 209 Å². The van der Waals surface area contributed by atoms with Crippen molar-refractivity contribution in [3.8, 4) is 11.3 Å². The highest BCUT2D eigenvalue weighted by Crippen LogP contribution is 2.30. The highest BCUT2D eigenvalue weighted by molar-refractivity contribution is 7.99. The zero-order valence-corrected chi connectivity index (χ0v) is 20.8. The van der Waals surface area contributed by atoms with Gasteiger partial charge in [-0.25, -0.2) is 4.98 Å². The summed E-state index contributed by atoms with van der Waals surface area (Å²) in [7, 11) is 1.79. The number of thioether (sulfide) groups is 1. The number of anilines is 1. The third kappa shape index (κ3) is 5.64. The summed E-state index contributed by atoms with van der Waals surface area (Å²) in [6.45, 7) is 2.16. The molecule has 2 amide bonds. The van der Waals surface area contributed by atoms with Gasteiger partial charge in [-0.3, -0.25) is 9.59 Å². The number of carbonyl (C=O) groups is 2. The highest BCUT2D eigenvalue weighted by atomic mass is 35.5. The fourth-order valence-corrected chi connectivity index (χ4v) is 4.93. The first kappa shape index (κ1) is 23.9. The van der Waals surface area contributed by atoms with Gasteiger partial charge in [-0.1, -0.05) is 65.8 Å². The van der Waals surface area contributed by atoms with Gasteiger partial charge in [0.25, 0.3) is 5.91 Å². The van der Waals surface area contributed by atoms with Gasteiger partial charge in [0.15, 0.2) is 16.1 Å². The van der Waals surface area contributed by atoms with E-state index in [4.69, 9.17) is 11.6 Å². The van der Waals surface area contributed by atoms with Crippen molar-refractivity contribution in [1.82, 2.24) is 25.1 Å². The molecule has 4 aromatic rings. The standard InChI is InChI=1S/C23H21ClN6O2S2/c1-14-20(15-8-4-3-5-9-15)27-22(34-14)26-19(31)13-33-23-29-28-18(30(23)2)12-25-21(32)16-10-6-7-11-17(16)24/h3-11H,12-13H2,1-2H3,(H,25,32)(H,26,27,31). The summed E-state index contributed by atoms with van der Waals surface area (Å²) < 4.78 is 1.74. The number of halogens is 1. The van der Waals surface area contributed by atoms with Gasteiger partial charge in [0.2, 0.25) is 5.91 Å². The monoisotopic (exact) mass is 512 g/mol. The van der Waals surface area contributed by atoms with E-state index in [0.717, 1.165) is 16.1 Å². The van der Waals surface area contributed by atoms with Crippen LogP contribution in [0.3, 0.4) is 0 Å². The van der Waals surface area contributed by atoms with Crippen LogP contribution in [0.4, 0.5) is 5.13 Å². The number of aryl methyl sites for hydroxylation is 1. The molecule has 174 valence electrons. The molecular formula is C23H21ClN6O2S2. The van der Waals surface area contributed by atoms with Gasteiger partial charge < -0.3 is 15.2 Å². The highest BCUT2D eigenvalue weighted by Gasteiger charge is 2.16. The number of aromatic nitrogens is 4. The third-order valence-corrected chi connectivity index (χ3v) is 7.11. The number of benzene rings is 2. The predicted molar refractivity (Wildman–Crippen MR) is 135 cm³/mol. The Morgan fingerprint density at radius 2 is 1.82 bits per heavy atom. The van der Waals surface area contributed by atoms with E-state index in [-0.39, 0.29) is 24.1 Å². The maximum absolute atomic E-state index is 12.5. The Hall–Kier alpha value is -3.21. The minimum atomic E-state index is -0.296. The van der Waals surface area contributed by atoms with E-state index < -0.39 is 0 Å². The topological polar surface area (TPSA) is 102 Å². The molecule has 0 bridgehead atoms. The summed E-state index contributed by atoms with van der Waals surface area (Å²) in [4.78, 5) is 30.4. The van der Waals surface area contributed by atoms with E-state index in [2.05, 4.69) is 25.8 Å². The Morgan fingerprint density at radius 3 is 2.59 bits per heavy atom. The van der Waals surface area contributed by atoms with Crippen LogP contribution in [0.2, 0.25) is 5.02 Å². The molecule has 0 radical (unpaired) electrons. The largest absolute Gasteiger partial charge is 0.345 e. The van der Waals surface area contributed by atoms with E-state index >= 15 is 0 Å². The molecule has 0 aliphatic heterocycles. The average Bonchev–Trinajstić information content (AvgIpc) is 3.38. The van der Waals surface area contributed by atoms with Crippen molar-refractivity contribution in [3.05, 3.63) is 75.9 Å². The zero-order chi connectivity index (χ0) is 24.1.